The monoisotopic (exact) mass is 242 g/mol. The molecule has 5 nitrogen and oxygen atoms in total. The lowest BCUT2D eigenvalue weighted by atomic mass is 10.0. The number of aromatic nitrogens is 2. The molecule has 1 aliphatic heterocycles. The van der Waals surface area contributed by atoms with Crippen LogP contribution in [0.1, 0.15) is 0 Å². The average Bonchev–Trinajstić information content (AvgIpc) is 2.80. The molecule has 2 heterocycles. The first kappa shape index (κ1) is 11.0. The van der Waals surface area contributed by atoms with Crippen LogP contribution in [0.3, 0.4) is 0 Å². The summed E-state index contributed by atoms with van der Waals surface area (Å²) in [5.74, 6) is 0.155. The standard InChI is InChI=1S/C13H14N4O/c18-13(10-7-15-8-10)16-11-3-1-2-4-12(11)17-6-5-14-9-17/h1-6,9-10,15H,7-8H2,(H,16,18). The van der Waals surface area contributed by atoms with Crippen LogP contribution in [0.25, 0.3) is 5.69 Å². The van der Waals surface area contributed by atoms with Crippen molar-refractivity contribution in [2.75, 3.05) is 18.4 Å². The molecule has 0 radical (unpaired) electrons. The Kier molecular flexibility index (Phi) is 2.82. The van der Waals surface area contributed by atoms with Gasteiger partial charge < -0.3 is 15.2 Å². The molecule has 0 aliphatic carbocycles. The second-order valence-corrected chi connectivity index (χ2v) is 4.33. The molecule has 2 N–H and O–H groups in total. The predicted molar refractivity (Wildman–Crippen MR) is 68.6 cm³/mol. The maximum atomic E-state index is 11.9. The summed E-state index contributed by atoms with van der Waals surface area (Å²) in [5, 5.41) is 6.07. The Morgan fingerprint density at radius 1 is 1.39 bits per heavy atom. The van der Waals surface area contributed by atoms with Crippen molar-refractivity contribution < 1.29 is 4.79 Å². The number of amides is 1. The first-order valence-electron chi connectivity index (χ1n) is 5.93. The van der Waals surface area contributed by atoms with E-state index in [1.54, 1.807) is 12.5 Å². The van der Waals surface area contributed by atoms with Crippen LogP contribution < -0.4 is 10.6 Å². The third-order valence-corrected chi connectivity index (χ3v) is 3.10. The van der Waals surface area contributed by atoms with Crippen molar-refractivity contribution in [1.29, 1.82) is 0 Å². The van der Waals surface area contributed by atoms with Gasteiger partial charge in [-0.2, -0.15) is 0 Å². The summed E-state index contributed by atoms with van der Waals surface area (Å²) in [6, 6.07) is 7.71. The fraction of sp³-hybridized carbons (Fsp3) is 0.231. The zero-order chi connectivity index (χ0) is 12.4. The summed E-state index contributed by atoms with van der Waals surface area (Å²) in [6.07, 6.45) is 5.29. The van der Waals surface area contributed by atoms with Crippen LogP contribution in [-0.2, 0) is 4.79 Å². The number of nitrogens with zero attached hydrogens (tertiary/aromatic N) is 2. The molecule has 1 saturated heterocycles. The van der Waals surface area contributed by atoms with E-state index in [-0.39, 0.29) is 11.8 Å². The van der Waals surface area contributed by atoms with Crippen LogP contribution in [0.2, 0.25) is 0 Å². The van der Waals surface area contributed by atoms with Crippen molar-refractivity contribution in [2.24, 2.45) is 5.92 Å². The second-order valence-electron chi connectivity index (χ2n) is 4.33. The normalized spacial score (nSPS) is 15.1. The molecule has 1 aromatic heterocycles. The van der Waals surface area contributed by atoms with Gasteiger partial charge in [-0.15, -0.1) is 0 Å². The van der Waals surface area contributed by atoms with Gasteiger partial charge in [-0.25, -0.2) is 4.98 Å². The van der Waals surface area contributed by atoms with E-state index in [4.69, 9.17) is 0 Å². The van der Waals surface area contributed by atoms with Crippen molar-refractivity contribution in [3.63, 3.8) is 0 Å². The van der Waals surface area contributed by atoms with Gasteiger partial charge in [-0.05, 0) is 12.1 Å². The highest BCUT2D eigenvalue weighted by Crippen LogP contribution is 2.20. The van der Waals surface area contributed by atoms with Gasteiger partial charge >= 0.3 is 0 Å². The van der Waals surface area contributed by atoms with Crippen LogP contribution in [-0.4, -0.2) is 28.5 Å². The van der Waals surface area contributed by atoms with Crippen LogP contribution >= 0.6 is 0 Å². The number of benzene rings is 1. The Balaban J connectivity index is 1.85. The highest BCUT2D eigenvalue weighted by molar-refractivity contribution is 5.95. The van der Waals surface area contributed by atoms with Gasteiger partial charge in [-0.1, -0.05) is 12.1 Å². The Bertz CT molecular complexity index is 546. The first-order valence-corrected chi connectivity index (χ1v) is 5.93. The van der Waals surface area contributed by atoms with Crippen molar-refractivity contribution in [1.82, 2.24) is 14.9 Å². The SMILES string of the molecule is O=C(Nc1ccccc1-n1ccnc1)C1CNC1. The van der Waals surface area contributed by atoms with Crippen molar-refractivity contribution >= 4 is 11.6 Å². The summed E-state index contributed by atoms with van der Waals surface area (Å²) in [5.41, 5.74) is 1.74. The fourth-order valence-corrected chi connectivity index (χ4v) is 1.91. The van der Waals surface area contributed by atoms with Gasteiger partial charge in [0.15, 0.2) is 0 Å². The Hall–Kier alpha value is -2.14. The summed E-state index contributed by atoms with van der Waals surface area (Å²) in [6.45, 7) is 1.53. The number of carbonyl (C=O) groups excluding carboxylic acids is 1. The van der Waals surface area contributed by atoms with E-state index in [2.05, 4.69) is 15.6 Å². The van der Waals surface area contributed by atoms with E-state index in [1.807, 2.05) is 35.0 Å². The Morgan fingerprint density at radius 3 is 2.89 bits per heavy atom. The van der Waals surface area contributed by atoms with E-state index in [0.717, 1.165) is 24.5 Å². The smallest absolute Gasteiger partial charge is 0.230 e. The summed E-state index contributed by atoms with van der Waals surface area (Å²) in [4.78, 5) is 16.0. The zero-order valence-corrected chi connectivity index (χ0v) is 9.84. The summed E-state index contributed by atoms with van der Waals surface area (Å²) < 4.78 is 1.88. The minimum Gasteiger partial charge on any atom is -0.324 e. The van der Waals surface area contributed by atoms with Gasteiger partial charge in [0.25, 0.3) is 0 Å². The van der Waals surface area contributed by atoms with Gasteiger partial charge in [0.2, 0.25) is 5.91 Å². The van der Waals surface area contributed by atoms with E-state index < -0.39 is 0 Å². The quantitative estimate of drug-likeness (QED) is 0.845. The molecule has 0 atom stereocenters. The number of hydrogen-bond donors (Lipinski definition) is 2. The van der Waals surface area contributed by atoms with E-state index >= 15 is 0 Å². The van der Waals surface area contributed by atoms with Gasteiger partial charge in [0.05, 0.1) is 23.6 Å². The third-order valence-electron chi connectivity index (χ3n) is 3.10. The van der Waals surface area contributed by atoms with Crippen molar-refractivity contribution in [2.45, 2.75) is 0 Å². The molecule has 1 aromatic carbocycles. The molecule has 3 rings (SSSR count). The minimum absolute atomic E-state index is 0.0707. The summed E-state index contributed by atoms with van der Waals surface area (Å²) >= 11 is 0. The van der Waals surface area contributed by atoms with Gasteiger partial charge in [0.1, 0.15) is 0 Å². The molecular weight excluding hydrogens is 228 g/mol. The second kappa shape index (κ2) is 4.62. The average molecular weight is 242 g/mol. The molecule has 1 aliphatic rings. The molecule has 1 fully saturated rings. The van der Waals surface area contributed by atoms with E-state index in [9.17, 15) is 4.79 Å². The molecule has 1 amide bonds. The van der Waals surface area contributed by atoms with Crippen molar-refractivity contribution in [3.05, 3.63) is 43.0 Å². The molecule has 0 unspecified atom stereocenters. The maximum Gasteiger partial charge on any atom is 0.230 e. The van der Waals surface area contributed by atoms with Crippen molar-refractivity contribution in [3.8, 4) is 5.69 Å². The molecule has 0 saturated carbocycles. The van der Waals surface area contributed by atoms with Crippen LogP contribution in [0.4, 0.5) is 5.69 Å². The number of para-hydroxylation sites is 2. The number of nitrogens with one attached hydrogen (secondary N) is 2. The molecule has 18 heavy (non-hydrogen) atoms. The lowest BCUT2D eigenvalue weighted by Crippen LogP contribution is -2.48. The first-order chi connectivity index (χ1) is 8.84. The fourth-order valence-electron chi connectivity index (χ4n) is 1.91. The molecule has 92 valence electrons. The van der Waals surface area contributed by atoms with Gasteiger partial charge in [-0.3, -0.25) is 4.79 Å². The van der Waals surface area contributed by atoms with E-state index in [1.165, 1.54) is 0 Å². The Labute approximate surface area is 105 Å². The highest BCUT2D eigenvalue weighted by atomic mass is 16.2. The third kappa shape index (κ3) is 2.00. The molecule has 2 aromatic rings. The lowest BCUT2D eigenvalue weighted by Gasteiger charge is -2.26. The molecule has 0 spiro atoms. The molecular formula is C13H14N4O. The Morgan fingerprint density at radius 2 is 2.22 bits per heavy atom. The van der Waals surface area contributed by atoms with Crippen LogP contribution in [0, 0.1) is 5.92 Å². The molecule has 0 bridgehead atoms. The zero-order valence-electron chi connectivity index (χ0n) is 9.84. The number of rotatable bonds is 3. The molecule has 5 heteroatoms. The minimum atomic E-state index is 0.0707. The van der Waals surface area contributed by atoms with Gasteiger partial charge in [0, 0.05) is 25.5 Å². The number of imidazole rings is 1. The number of carbonyl (C=O) groups is 1. The van der Waals surface area contributed by atoms with E-state index in [0.29, 0.717) is 0 Å². The predicted octanol–water partition coefficient (Wildman–Crippen LogP) is 1.03. The number of anilines is 1. The largest absolute Gasteiger partial charge is 0.324 e. The lowest BCUT2D eigenvalue weighted by molar-refractivity contribution is -0.121. The summed E-state index contributed by atoms with van der Waals surface area (Å²) in [7, 11) is 0. The number of hydrogen-bond acceptors (Lipinski definition) is 3. The maximum absolute atomic E-state index is 11.9. The van der Waals surface area contributed by atoms with Crippen LogP contribution in [0.5, 0.6) is 0 Å². The topological polar surface area (TPSA) is 59.0 Å². The highest BCUT2D eigenvalue weighted by Gasteiger charge is 2.25. The van der Waals surface area contributed by atoms with Crippen LogP contribution in [0.15, 0.2) is 43.0 Å².